The summed E-state index contributed by atoms with van der Waals surface area (Å²) in [6.07, 6.45) is 9.96. The molecule has 6 rings (SSSR count). The van der Waals surface area contributed by atoms with Crippen LogP contribution in [0.4, 0.5) is 28.8 Å². The summed E-state index contributed by atoms with van der Waals surface area (Å²) >= 11 is 3.57. The Balaban J connectivity index is 1.25. The van der Waals surface area contributed by atoms with E-state index in [1.54, 1.807) is 39.0 Å². The fourth-order valence-corrected chi connectivity index (χ4v) is 8.08. The monoisotopic (exact) mass is 664 g/mol. The van der Waals surface area contributed by atoms with E-state index in [2.05, 4.69) is 70.8 Å². The quantitative estimate of drug-likeness (QED) is 0.197. The number of fused-ring (bicyclic) bond motifs is 1. The van der Waals surface area contributed by atoms with E-state index in [1.165, 1.54) is 36.9 Å². The van der Waals surface area contributed by atoms with Gasteiger partial charge < -0.3 is 30.2 Å². The molecule has 1 spiro atoms. The second-order valence-corrected chi connectivity index (χ2v) is 16.0. The minimum absolute atomic E-state index is 0.403. The molecule has 12 heteroatoms. The van der Waals surface area contributed by atoms with Gasteiger partial charge in [0.2, 0.25) is 5.95 Å². The molecule has 2 fully saturated rings. The first kappa shape index (κ1) is 29.8. The average molecular weight is 666 g/mol. The van der Waals surface area contributed by atoms with Crippen LogP contribution in [0.1, 0.15) is 31.2 Å². The number of piperidine rings is 2. The van der Waals surface area contributed by atoms with E-state index < -0.39 is 7.14 Å². The number of halogens is 1. The molecule has 0 aliphatic carbocycles. The first-order valence-corrected chi connectivity index (χ1v) is 18.1. The summed E-state index contributed by atoms with van der Waals surface area (Å²) in [5.74, 6) is 1.67. The topological polar surface area (TPSA) is 117 Å². The highest BCUT2D eigenvalue weighted by Crippen LogP contribution is 2.43. The maximum absolute atomic E-state index is 13.4. The maximum Gasteiger partial charge on any atom is 0.229 e. The number of aryl methyl sites for hydroxylation is 1. The van der Waals surface area contributed by atoms with E-state index in [0.717, 1.165) is 37.6 Å². The summed E-state index contributed by atoms with van der Waals surface area (Å²) < 4.78 is 19.9. The lowest BCUT2D eigenvalue weighted by molar-refractivity contribution is 0.155. The summed E-state index contributed by atoms with van der Waals surface area (Å²) in [5, 5.41) is 10.9. The van der Waals surface area contributed by atoms with Gasteiger partial charge in [0.05, 0.1) is 33.8 Å². The first-order valence-electron chi connectivity index (χ1n) is 14.7. The Morgan fingerprint density at radius 2 is 1.74 bits per heavy atom. The van der Waals surface area contributed by atoms with Crippen molar-refractivity contribution >= 4 is 68.2 Å². The Labute approximate surface area is 261 Å². The fourth-order valence-electron chi connectivity index (χ4n) is 6.39. The standard InChI is InChI=1S/C31H38BrN8O2P/c1-20-17-24(26(42-2)18-25(20)40-15-9-31(10-16-40)7-11-33-12-8-31)38-30-36-19-21(32)29(39-30)37-23-6-5-22-27(35-14-13-34-22)28(23)43(3,4)41/h5-6,13-14,17-19,33H,7-12,15-16H2,1-4H3,(H2,36,37,38,39). The number of methoxy groups -OCH3 is 1. The van der Waals surface area contributed by atoms with E-state index in [4.69, 9.17) is 9.72 Å². The van der Waals surface area contributed by atoms with Gasteiger partial charge >= 0.3 is 0 Å². The molecule has 2 aliphatic heterocycles. The molecule has 10 nitrogen and oxygen atoms in total. The van der Waals surface area contributed by atoms with Gasteiger partial charge in [-0.3, -0.25) is 9.97 Å². The van der Waals surface area contributed by atoms with Crippen LogP contribution in [0.2, 0.25) is 0 Å². The molecular weight excluding hydrogens is 627 g/mol. The van der Waals surface area contributed by atoms with Gasteiger partial charge in [0.1, 0.15) is 24.2 Å². The number of aromatic nitrogens is 4. The van der Waals surface area contributed by atoms with Gasteiger partial charge in [0.25, 0.3) is 0 Å². The minimum atomic E-state index is -2.73. The number of hydrogen-bond acceptors (Lipinski definition) is 10. The second-order valence-electron chi connectivity index (χ2n) is 12.0. The number of benzene rings is 2. The molecule has 43 heavy (non-hydrogen) atoms. The van der Waals surface area contributed by atoms with Gasteiger partial charge in [0.15, 0.2) is 0 Å². The Bertz CT molecular complexity index is 1700. The van der Waals surface area contributed by atoms with Crippen molar-refractivity contribution in [1.82, 2.24) is 25.3 Å². The molecule has 226 valence electrons. The molecule has 0 amide bonds. The average Bonchev–Trinajstić information content (AvgIpc) is 2.99. The summed E-state index contributed by atoms with van der Waals surface area (Å²) in [6, 6.07) is 7.96. The van der Waals surface area contributed by atoms with Crippen LogP contribution in [-0.2, 0) is 4.57 Å². The number of nitrogens with zero attached hydrogens (tertiary/aromatic N) is 5. The zero-order valence-electron chi connectivity index (χ0n) is 25.1. The molecule has 0 radical (unpaired) electrons. The third kappa shape index (κ3) is 6.21. The first-order chi connectivity index (χ1) is 20.7. The van der Waals surface area contributed by atoms with Crippen molar-refractivity contribution in [1.29, 1.82) is 0 Å². The van der Waals surface area contributed by atoms with Crippen LogP contribution in [0.25, 0.3) is 11.0 Å². The molecule has 4 aromatic rings. The highest BCUT2D eigenvalue weighted by atomic mass is 79.9. The predicted molar refractivity (Wildman–Crippen MR) is 179 cm³/mol. The van der Waals surface area contributed by atoms with Crippen molar-refractivity contribution in [2.24, 2.45) is 5.41 Å². The van der Waals surface area contributed by atoms with Gasteiger partial charge in [-0.15, -0.1) is 0 Å². The molecule has 4 heterocycles. The Kier molecular flexibility index (Phi) is 8.33. The fraction of sp³-hybridized carbons (Fsp3) is 0.419. The lowest BCUT2D eigenvalue weighted by atomic mass is 9.71. The van der Waals surface area contributed by atoms with E-state index in [9.17, 15) is 4.57 Å². The van der Waals surface area contributed by atoms with Crippen molar-refractivity contribution in [3.8, 4) is 5.75 Å². The zero-order valence-corrected chi connectivity index (χ0v) is 27.6. The molecule has 0 bridgehead atoms. The molecular formula is C31H38BrN8O2P. The number of nitrogens with one attached hydrogen (secondary N) is 3. The third-order valence-corrected chi connectivity index (χ3v) is 10.9. The summed E-state index contributed by atoms with van der Waals surface area (Å²) in [6.45, 7) is 10.0. The third-order valence-electron chi connectivity index (χ3n) is 8.74. The van der Waals surface area contributed by atoms with Gasteiger partial charge in [-0.1, -0.05) is 0 Å². The lowest BCUT2D eigenvalue weighted by Crippen LogP contribution is -2.45. The highest BCUT2D eigenvalue weighted by molar-refractivity contribution is 9.10. The zero-order chi connectivity index (χ0) is 30.2. The van der Waals surface area contributed by atoms with Crippen LogP contribution in [0.3, 0.4) is 0 Å². The Hall–Kier alpha value is -3.27. The molecule has 0 unspecified atom stereocenters. The molecule has 2 aromatic heterocycles. The van der Waals surface area contributed by atoms with Gasteiger partial charge in [0, 0.05) is 43.4 Å². The van der Waals surface area contributed by atoms with Crippen molar-refractivity contribution < 1.29 is 9.30 Å². The molecule has 2 saturated heterocycles. The van der Waals surface area contributed by atoms with Crippen LogP contribution >= 0.6 is 23.1 Å². The molecule has 0 saturated carbocycles. The second kappa shape index (κ2) is 12.0. The van der Waals surface area contributed by atoms with Crippen molar-refractivity contribution in [3.63, 3.8) is 0 Å². The van der Waals surface area contributed by atoms with Crippen LogP contribution in [0, 0.1) is 12.3 Å². The van der Waals surface area contributed by atoms with Crippen molar-refractivity contribution in [3.05, 3.63) is 52.9 Å². The number of ether oxygens (including phenoxy) is 1. The molecule has 0 atom stereocenters. The molecule has 2 aliphatic rings. The largest absolute Gasteiger partial charge is 0.494 e. The number of anilines is 5. The van der Waals surface area contributed by atoms with Crippen LogP contribution < -0.4 is 30.9 Å². The van der Waals surface area contributed by atoms with Crippen molar-refractivity contribution in [2.75, 3.05) is 62.2 Å². The van der Waals surface area contributed by atoms with E-state index in [1.807, 2.05) is 12.1 Å². The molecule has 2 aromatic carbocycles. The summed E-state index contributed by atoms with van der Waals surface area (Å²) in [4.78, 5) is 20.6. The minimum Gasteiger partial charge on any atom is -0.494 e. The van der Waals surface area contributed by atoms with Gasteiger partial charge in [-0.05, 0) is 104 Å². The Morgan fingerprint density at radius 1 is 1.00 bits per heavy atom. The van der Waals surface area contributed by atoms with Crippen LogP contribution in [0.5, 0.6) is 5.75 Å². The SMILES string of the molecule is COc1cc(N2CCC3(CCNCC3)CC2)c(C)cc1Nc1ncc(Br)c(Nc2ccc3nccnc3c2P(C)(C)=O)n1. The van der Waals surface area contributed by atoms with Crippen LogP contribution in [-0.4, -0.2) is 66.6 Å². The maximum atomic E-state index is 13.4. The molecule has 3 N–H and O–H groups in total. The van der Waals surface area contributed by atoms with Crippen molar-refractivity contribution in [2.45, 2.75) is 32.6 Å². The van der Waals surface area contributed by atoms with Gasteiger partial charge in [-0.25, -0.2) is 4.98 Å². The van der Waals surface area contributed by atoms with Gasteiger partial charge in [-0.2, -0.15) is 4.98 Å². The van der Waals surface area contributed by atoms with E-state index >= 15 is 0 Å². The number of rotatable bonds is 7. The predicted octanol–water partition coefficient (Wildman–Crippen LogP) is 6.20. The number of hydrogen-bond donors (Lipinski definition) is 3. The van der Waals surface area contributed by atoms with Crippen LogP contribution in [0.15, 0.2) is 47.3 Å². The normalized spacial score (nSPS) is 16.8. The summed E-state index contributed by atoms with van der Waals surface area (Å²) in [7, 11) is -1.04. The summed E-state index contributed by atoms with van der Waals surface area (Å²) in [5.41, 5.74) is 5.64. The highest BCUT2D eigenvalue weighted by Gasteiger charge is 2.36. The van der Waals surface area contributed by atoms with E-state index in [0.29, 0.717) is 43.7 Å². The smallest absolute Gasteiger partial charge is 0.229 e. The Morgan fingerprint density at radius 3 is 2.47 bits per heavy atom. The van der Waals surface area contributed by atoms with E-state index in [-0.39, 0.29) is 0 Å². The lowest BCUT2D eigenvalue weighted by Gasteiger charge is -2.45.